The van der Waals surface area contributed by atoms with E-state index in [1.165, 1.54) is 18.2 Å². The van der Waals surface area contributed by atoms with Crippen molar-refractivity contribution >= 4 is 25.5 Å². The quantitative estimate of drug-likeness (QED) is 0.702. The number of anilines is 1. The van der Waals surface area contributed by atoms with Crippen molar-refractivity contribution in [3.05, 3.63) is 66.2 Å². The minimum absolute atomic E-state index is 0.123. The Morgan fingerprint density at radius 3 is 2.22 bits per heavy atom. The number of hydrogen-bond acceptors (Lipinski definition) is 6. The summed E-state index contributed by atoms with van der Waals surface area (Å²) in [5.41, 5.74) is 2.24. The van der Waals surface area contributed by atoms with Crippen molar-refractivity contribution in [1.29, 1.82) is 0 Å². The largest absolute Gasteiger partial charge is 0.280 e. The summed E-state index contributed by atoms with van der Waals surface area (Å²) < 4.78 is 50.6. The lowest BCUT2D eigenvalue weighted by atomic mass is 10.1. The Kier molecular flexibility index (Phi) is 4.99. The zero-order valence-corrected chi connectivity index (χ0v) is 16.3. The predicted molar refractivity (Wildman–Crippen MR) is 103 cm³/mol. The Hall–Kier alpha value is -2.78. The minimum atomic E-state index is -3.73. The van der Waals surface area contributed by atoms with Crippen LogP contribution in [0.2, 0.25) is 0 Å². The van der Waals surface area contributed by atoms with Crippen LogP contribution in [0, 0.1) is 6.92 Å². The Labute approximate surface area is 158 Å². The molecule has 0 spiro atoms. The van der Waals surface area contributed by atoms with Crippen LogP contribution in [0.15, 0.2) is 70.6 Å². The van der Waals surface area contributed by atoms with Crippen molar-refractivity contribution in [2.75, 3.05) is 11.0 Å². The van der Waals surface area contributed by atoms with Crippen LogP contribution >= 0.6 is 0 Å². The first kappa shape index (κ1) is 19.0. The smallest absolute Gasteiger partial charge is 0.261 e. The van der Waals surface area contributed by atoms with Gasteiger partial charge < -0.3 is 0 Å². The van der Waals surface area contributed by atoms with Gasteiger partial charge in [0.1, 0.15) is 0 Å². The first-order chi connectivity index (χ1) is 12.6. The van der Waals surface area contributed by atoms with Gasteiger partial charge in [-0.25, -0.2) is 16.8 Å². The topological polar surface area (TPSA) is 106 Å². The Morgan fingerprint density at radius 2 is 1.59 bits per heavy atom. The van der Waals surface area contributed by atoms with Crippen molar-refractivity contribution < 1.29 is 16.8 Å². The molecule has 0 atom stereocenters. The number of rotatable bonds is 5. The highest BCUT2D eigenvalue weighted by Gasteiger charge is 2.15. The van der Waals surface area contributed by atoms with Gasteiger partial charge in [-0.1, -0.05) is 24.3 Å². The maximum atomic E-state index is 12.6. The van der Waals surface area contributed by atoms with E-state index in [1.807, 2.05) is 13.0 Å². The van der Waals surface area contributed by atoms with E-state index in [0.29, 0.717) is 16.9 Å². The van der Waals surface area contributed by atoms with Crippen LogP contribution in [0.25, 0.3) is 11.3 Å². The molecule has 0 aliphatic carbocycles. The van der Waals surface area contributed by atoms with Gasteiger partial charge in [0.05, 0.1) is 10.6 Å². The lowest BCUT2D eigenvalue weighted by Crippen LogP contribution is -2.13. The summed E-state index contributed by atoms with van der Waals surface area (Å²) in [5.74, 6) is 0. The fourth-order valence-electron chi connectivity index (χ4n) is 2.41. The summed E-state index contributed by atoms with van der Waals surface area (Å²) in [6.07, 6.45) is 1.05. The molecule has 0 unspecified atom stereocenters. The van der Waals surface area contributed by atoms with Gasteiger partial charge in [0.25, 0.3) is 10.0 Å². The second-order valence-electron chi connectivity index (χ2n) is 6.03. The molecular weight excluding hydrogens is 386 g/mol. The fraction of sp³-hybridized carbons (Fsp3) is 0.111. The molecule has 27 heavy (non-hydrogen) atoms. The lowest BCUT2D eigenvalue weighted by molar-refractivity contribution is 0.595. The summed E-state index contributed by atoms with van der Waals surface area (Å²) in [6.45, 7) is 1.82. The van der Waals surface area contributed by atoms with E-state index in [9.17, 15) is 16.8 Å². The second-order valence-corrected chi connectivity index (χ2v) is 9.68. The Balaban J connectivity index is 1.90. The molecule has 0 saturated heterocycles. The molecule has 1 N–H and O–H groups in total. The minimum Gasteiger partial charge on any atom is -0.280 e. The first-order valence-electron chi connectivity index (χ1n) is 7.89. The average molecular weight is 403 g/mol. The molecule has 0 aliphatic heterocycles. The van der Waals surface area contributed by atoms with E-state index in [1.54, 1.807) is 36.4 Å². The van der Waals surface area contributed by atoms with Crippen LogP contribution in [0.4, 0.5) is 5.69 Å². The number of sulfone groups is 1. The molecule has 3 aromatic rings. The normalized spacial score (nSPS) is 11.9. The van der Waals surface area contributed by atoms with Gasteiger partial charge in [0, 0.05) is 17.5 Å². The van der Waals surface area contributed by atoms with Crippen molar-refractivity contribution in [2.24, 2.45) is 0 Å². The standard InChI is InChI=1S/C18H17N3O4S2/c1-13-5-3-8-16(11-13)27(24,25)21-15-7-4-6-14(12-15)17-9-10-18(20-19-17)26(2,22)23/h3-12,21H,1-2H3. The molecule has 140 valence electrons. The molecule has 1 aromatic heterocycles. The molecule has 0 amide bonds. The number of aryl methyl sites for hydroxylation is 1. The molecule has 7 nitrogen and oxygen atoms in total. The van der Waals surface area contributed by atoms with Crippen LogP contribution in [0.5, 0.6) is 0 Å². The number of benzene rings is 2. The van der Waals surface area contributed by atoms with E-state index in [4.69, 9.17) is 0 Å². The van der Waals surface area contributed by atoms with E-state index in [2.05, 4.69) is 14.9 Å². The maximum absolute atomic E-state index is 12.6. The van der Waals surface area contributed by atoms with Crippen molar-refractivity contribution in [2.45, 2.75) is 16.8 Å². The Bertz CT molecular complexity index is 1190. The van der Waals surface area contributed by atoms with Crippen molar-refractivity contribution in [3.8, 4) is 11.3 Å². The second kappa shape index (κ2) is 7.09. The monoisotopic (exact) mass is 403 g/mol. The van der Waals surface area contributed by atoms with E-state index in [-0.39, 0.29) is 9.92 Å². The van der Waals surface area contributed by atoms with Gasteiger partial charge in [-0.15, -0.1) is 10.2 Å². The number of sulfonamides is 1. The molecule has 0 fully saturated rings. The summed E-state index contributed by atoms with van der Waals surface area (Å²) in [4.78, 5) is 0.171. The van der Waals surface area contributed by atoms with Crippen LogP contribution < -0.4 is 4.72 Å². The van der Waals surface area contributed by atoms with Gasteiger partial charge in [-0.05, 0) is 48.9 Å². The molecule has 0 aliphatic rings. The zero-order valence-electron chi connectivity index (χ0n) is 14.6. The number of aromatic nitrogens is 2. The van der Waals surface area contributed by atoms with E-state index < -0.39 is 19.9 Å². The van der Waals surface area contributed by atoms with Crippen molar-refractivity contribution in [3.63, 3.8) is 0 Å². The van der Waals surface area contributed by atoms with Gasteiger partial charge in [-0.2, -0.15) is 0 Å². The van der Waals surface area contributed by atoms with E-state index >= 15 is 0 Å². The molecule has 1 heterocycles. The van der Waals surface area contributed by atoms with Crippen LogP contribution in [0.3, 0.4) is 0 Å². The molecule has 0 saturated carbocycles. The summed E-state index contributed by atoms with van der Waals surface area (Å²) in [7, 11) is -7.16. The highest BCUT2D eigenvalue weighted by molar-refractivity contribution is 7.92. The number of hydrogen-bond donors (Lipinski definition) is 1. The third-order valence-corrected chi connectivity index (χ3v) is 6.09. The maximum Gasteiger partial charge on any atom is 0.261 e. The zero-order chi connectivity index (χ0) is 19.7. The average Bonchev–Trinajstić information content (AvgIpc) is 2.61. The van der Waals surface area contributed by atoms with Crippen LogP contribution in [0.1, 0.15) is 5.56 Å². The van der Waals surface area contributed by atoms with Crippen LogP contribution in [-0.2, 0) is 19.9 Å². The predicted octanol–water partition coefficient (Wildman–Crippen LogP) is 2.66. The molecule has 0 bridgehead atoms. The summed E-state index contributed by atoms with van der Waals surface area (Å²) in [5, 5.41) is 7.50. The lowest BCUT2D eigenvalue weighted by Gasteiger charge is -2.10. The molecule has 0 radical (unpaired) electrons. The molecule has 9 heteroatoms. The van der Waals surface area contributed by atoms with Gasteiger partial charge in [0.2, 0.25) is 0 Å². The number of nitrogens with one attached hydrogen (secondary N) is 1. The molecule has 2 aromatic carbocycles. The summed E-state index contributed by atoms with van der Waals surface area (Å²) in [6, 6.07) is 16.1. The fourth-order valence-corrected chi connectivity index (χ4v) is 4.07. The van der Waals surface area contributed by atoms with Crippen molar-refractivity contribution in [1.82, 2.24) is 10.2 Å². The molecule has 3 rings (SSSR count). The van der Waals surface area contributed by atoms with Crippen LogP contribution in [-0.4, -0.2) is 33.3 Å². The summed E-state index contributed by atoms with van der Waals surface area (Å²) >= 11 is 0. The highest BCUT2D eigenvalue weighted by Crippen LogP contribution is 2.23. The third kappa shape index (κ3) is 4.50. The molecular formula is C18H17N3O4S2. The van der Waals surface area contributed by atoms with Gasteiger partial charge >= 0.3 is 0 Å². The van der Waals surface area contributed by atoms with E-state index in [0.717, 1.165) is 11.8 Å². The Morgan fingerprint density at radius 1 is 0.852 bits per heavy atom. The van der Waals surface area contributed by atoms with Gasteiger partial charge in [-0.3, -0.25) is 4.72 Å². The first-order valence-corrected chi connectivity index (χ1v) is 11.3. The number of nitrogens with zero attached hydrogens (tertiary/aromatic N) is 2. The van der Waals surface area contributed by atoms with Gasteiger partial charge in [0.15, 0.2) is 14.9 Å². The highest BCUT2D eigenvalue weighted by atomic mass is 32.2. The third-order valence-electron chi connectivity index (χ3n) is 3.73. The SMILES string of the molecule is Cc1cccc(S(=O)(=O)Nc2cccc(-c3ccc(S(C)(=O)=O)nn3)c2)c1.